The van der Waals surface area contributed by atoms with Crippen LogP contribution in [-0.2, 0) is 4.57 Å². The number of hydrogen-bond donors (Lipinski definition) is 0. The Kier molecular flexibility index (Phi) is 6.08. The maximum atomic E-state index is 14.5. The second-order valence-electron chi connectivity index (χ2n) is 7.47. The van der Waals surface area contributed by atoms with Crippen LogP contribution >= 0.6 is 23.5 Å². The average Bonchev–Trinajstić information content (AvgIpc) is 2.85. The van der Waals surface area contributed by atoms with Crippen molar-refractivity contribution in [2.45, 2.75) is 5.66 Å². The molecule has 6 heteroatoms. The van der Waals surface area contributed by atoms with E-state index in [1.807, 2.05) is 91.0 Å². The van der Waals surface area contributed by atoms with Crippen molar-refractivity contribution in [2.24, 2.45) is 0 Å². The summed E-state index contributed by atoms with van der Waals surface area (Å²) in [5.41, 5.74) is 0.929. The van der Waals surface area contributed by atoms with Gasteiger partial charge in [0.05, 0.1) is 0 Å². The van der Waals surface area contributed by atoms with E-state index in [1.54, 1.807) is 24.3 Å². The Morgan fingerprint density at radius 3 is 1.85 bits per heavy atom. The Hall–Kier alpha value is -3.27. The summed E-state index contributed by atoms with van der Waals surface area (Å²) in [5.74, 6) is 2.16. The van der Waals surface area contributed by atoms with Crippen LogP contribution in [0.25, 0.3) is 5.76 Å². The molecule has 1 atom stereocenters. The lowest BCUT2D eigenvalue weighted by Gasteiger charge is -2.30. The summed E-state index contributed by atoms with van der Waals surface area (Å²) in [6, 6.07) is 33.5. The van der Waals surface area contributed by atoms with Gasteiger partial charge in [-0.25, -0.2) is 4.57 Å². The predicted octanol–water partition coefficient (Wildman–Crippen LogP) is 8.27. The van der Waals surface area contributed by atoms with E-state index in [1.165, 1.54) is 0 Å². The molecule has 1 unspecified atom stereocenters. The van der Waals surface area contributed by atoms with E-state index in [2.05, 4.69) is 15.9 Å². The smallest absolute Gasteiger partial charge is 0.442 e. The van der Waals surface area contributed by atoms with Gasteiger partial charge in [0.15, 0.2) is 0 Å². The van der Waals surface area contributed by atoms with Gasteiger partial charge in [-0.05, 0) is 48.5 Å². The average molecular weight is 519 g/mol. The fraction of sp³-hybridized carbons (Fsp3) is 0.0370. The highest BCUT2D eigenvalue weighted by Gasteiger charge is 2.43. The lowest BCUT2D eigenvalue weighted by Crippen LogP contribution is -2.15. The third-order valence-corrected chi connectivity index (χ3v) is 7.76. The van der Waals surface area contributed by atoms with Gasteiger partial charge in [0.25, 0.3) is 0 Å². The third kappa shape index (κ3) is 4.75. The van der Waals surface area contributed by atoms with Crippen LogP contribution in [0.4, 0.5) is 0 Å². The minimum Gasteiger partial charge on any atom is -0.457 e. The first-order chi connectivity index (χ1) is 16.1. The fourth-order valence-electron chi connectivity index (χ4n) is 3.62. The number of allylic oxidation sites excluding steroid dienone is 1. The zero-order chi connectivity index (χ0) is 22.7. The standard InChI is InChI=1S/C27H20BrO4P/c28-21-17-15-20(16-18-21)26-19-27(24-13-7-8-14-25(24)30-26)33(29,31-22-9-3-1-4-10-22)32-23-11-5-2-6-12-23/h1-19,27H. The van der Waals surface area contributed by atoms with E-state index in [0.717, 1.165) is 15.6 Å². The van der Waals surface area contributed by atoms with Crippen LogP contribution in [0.15, 0.2) is 120 Å². The molecule has 4 nitrogen and oxygen atoms in total. The zero-order valence-corrected chi connectivity index (χ0v) is 20.0. The Morgan fingerprint density at radius 1 is 0.697 bits per heavy atom. The van der Waals surface area contributed by atoms with Crippen molar-refractivity contribution in [3.63, 3.8) is 0 Å². The minimum atomic E-state index is -3.80. The van der Waals surface area contributed by atoms with Crippen molar-refractivity contribution >= 4 is 29.3 Å². The molecule has 0 spiro atoms. The second kappa shape index (κ2) is 9.30. The Labute approximate surface area is 201 Å². The molecule has 0 N–H and O–H groups in total. The molecule has 1 heterocycles. The first-order valence-corrected chi connectivity index (χ1v) is 12.8. The molecule has 0 aliphatic carbocycles. The predicted molar refractivity (Wildman–Crippen MR) is 134 cm³/mol. The second-order valence-corrected chi connectivity index (χ2v) is 10.4. The zero-order valence-electron chi connectivity index (χ0n) is 17.5. The van der Waals surface area contributed by atoms with Gasteiger partial charge < -0.3 is 13.8 Å². The fourth-order valence-corrected chi connectivity index (χ4v) is 5.85. The molecule has 0 saturated carbocycles. The molecule has 0 radical (unpaired) electrons. The van der Waals surface area contributed by atoms with Gasteiger partial charge in [0.1, 0.15) is 28.7 Å². The van der Waals surface area contributed by atoms with Gasteiger partial charge in [-0.1, -0.05) is 82.7 Å². The Balaban J connectivity index is 1.63. The number of benzene rings is 4. The summed E-state index contributed by atoms with van der Waals surface area (Å²) in [5, 5.41) is 0. The van der Waals surface area contributed by atoms with Gasteiger partial charge in [0.2, 0.25) is 0 Å². The highest BCUT2D eigenvalue weighted by Crippen LogP contribution is 2.63. The van der Waals surface area contributed by atoms with Crippen molar-refractivity contribution in [3.8, 4) is 17.2 Å². The number of halogens is 1. The van der Waals surface area contributed by atoms with Gasteiger partial charge in [0, 0.05) is 15.6 Å². The molecule has 4 aromatic carbocycles. The lowest BCUT2D eigenvalue weighted by molar-refractivity contribution is 0.375. The van der Waals surface area contributed by atoms with Crippen LogP contribution in [0.1, 0.15) is 16.8 Å². The lowest BCUT2D eigenvalue weighted by atomic mass is 10.0. The van der Waals surface area contributed by atoms with Crippen molar-refractivity contribution in [1.82, 2.24) is 0 Å². The molecule has 33 heavy (non-hydrogen) atoms. The van der Waals surface area contributed by atoms with Gasteiger partial charge >= 0.3 is 7.60 Å². The summed E-state index contributed by atoms with van der Waals surface area (Å²) in [4.78, 5) is 0. The topological polar surface area (TPSA) is 44.8 Å². The molecular weight excluding hydrogens is 499 g/mol. The molecule has 0 bridgehead atoms. The molecular formula is C27H20BrO4P. The quantitative estimate of drug-likeness (QED) is 0.241. The van der Waals surface area contributed by atoms with Crippen LogP contribution in [0.3, 0.4) is 0 Å². The summed E-state index contributed by atoms with van der Waals surface area (Å²) >= 11 is 3.47. The number of hydrogen-bond acceptors (Lipinski definition) is 4. The molecule has 5 rings (SSSR count). The van der Waals surface area contributed by atoms with E-state index in [9.17, 15) is 4.57 Å². The Bertz CT molecular complexity index is 1280. The first-order valence-electron chi connectivity index (χ1n) is 10.4. The summed E-state index contributed by atoms with van der Waals surface area (Å²) < 4.78 is 34.0. The largest absolute Gasteiger partial charge is 0.457 e. The molecule has 1 aliphatic rings. The van der Waals surface area contributed by atoms with E-state index < -0.39 is 13.3 Å². The molecule has 4 aromatic rings. The number of para-hydroxylation sites is 3. The molecule has 0 aromatic heterocycles. The SMILES string of the molecule is O=P(Oc1ccccc1)(Oc1ccccc1)C1C=C(c2ccc(Br)cc2)Oc2ccccc21. The van der Waals surface area contributed by atoms with Crippen LogP contribution < -0.4 is 13.8 Å². The van der Waals surface area contributed by atoms with E-state index in [-0.39, 0.29) is 0 Å². The summed E-state index contributed by atoms with van der Waals surface area (Å²) in [6.07, 6.45) is 1.83. The highest BCUT2D eigenvalue weighted by molar-refractivity contribution is 9.10. The number of ether oxygens (including phenoxy) is 1. The van der Waals surface area contributed by atoms with Crippen molar-refractivity contribution < 1.29 is 18.3 Å². The maximum Gasteiger partial charge on any atom is 0.442 e. The summed E-state index contributed by atoms with van der Waals surface area (Å²) in [6.45, 7) is 0. The van der Waals surface area contributed by atoms with Gasteiger partial charge in [-0.15, -0.1) is 0 Å². The number of rotatable bonds is 6. The molecule has 0 fully saturated rings. The van der Waals surface area contributed by atoms with Gasteiger partial charge in [-0.2, -0.15) is 0 Å². The minimum absolute atomic E-state index is 0.472. The van der Waals surface area contributed by atoms with Crippen molar-refractivity contribution in [1.29, 1.82) is 0 Å². The van der Waals surface area contributed by atoms with E-state index in [0.29, 0.717) is 23.0 Å². The Morgan fingerprint density at radius 2 is 1.24 bits per heavy atom. The summed E-state index contributed by atoms with van der Waals surface area (Å²) in [7, 11) is -3.80. The molecule has 164 valence electrons. The van der Waals surface area contributed by atoms with Crippen LogP contribution in [0, 0.1) is 0 Å². The molecule has 0 saturated heterocycles. The number of fused-ring (bicyclic) bond motifs is 1. The van der Waals surface area contributed by atoms with Crippen molar-refractivity contribution in [3.05, 3.63) is 131 Å². The van der Waals surface area contributed by atoms with Crippen LogP contribution in [-0.4, -0.2) is 0 Å². The van der Waals surface area contributed by atoms with Crippen LogP contribution in [0.5, 0.6) is 17.2 Å². The van der Waals surface area contributed by atoms with Crippen LogP contribution in [0.2, 0.25) is 0 Å². The van der Waals surface area contributed by atoms with Crippen molar-refractivity contribution in [2.75, 3.05) is 0 Å². The monoisotopic (exact) mass is 518 g/mol. The normalized spacial score (nSPS) is 15.1. The van der Waals surface area contributed by atoms with E-state index >= 15 is 0 Å². The first kappa shape index (κ1) is 21.6. The molecule has 0 amide bonds. The van der Waals surface area contributed by atoms with Gasteiger partial charge in [-0.3, -0.25) is 0 Å². The molecule has 1 aliphatic heterocycles. The third-order valence-electron chi connectivity index (χ3n) is 5.19. The highest BCUT2D eigenvalue weighted by atomic mass is 79.9. The maximum absolute atomic E-state index is 14.5. The van der Waals surface area contributed by atoms with E-state index in [4.69, 9.17) is 13.8 Å².